The fourth-order valence-electron chi connectivity index (χ4n) is 2.33. The van der Waals surface area contributed by atoms with Crippen molar-refractivity contribution in [3.05, 3.63) is 40.5 Å². The second-order valence-electron chi connectivity index (χ2n) is 7.48. The van der Waals surface area contributed by atoms with E-state index in [1.54, 1.807) is 0 Å². The van der Waals surface area contributed by atoms with Crippen LogP contribution in [0.5, 0.6) is 0 Å². The number of hydrogen-bond donors (Lipinski definition) is 1. The Morgan fingerprint density at radius 2 is 1.93 bits per heavy atom. The van der Waals surface area contributed by atoms with Crippen molar-refractivity contribution in [1.82, 2.24) is 10.1 Å². The number of ether oxygens (including phenoxy) is 1. The summed E-state index contributed by atoms with van der Waals surface area (Å²) in [4.78, 5) is 27.9. The molecule has 1 N–H and O–H groups in total. The first-order valence-corrected chi connectivity index (χ1v) is 9.40. The molecule has 0 atom stereocenters. The van der Waals surface area contributed by atoms with Gasteiger partial charge >= 0.3 is 12.1 Å². The number of rotatable bonds is 7. The summed E-state index contributed by atoms with van der Waals surface area (Å²) >= 11 is 5.76. The first kappa shape index (κ1) is 23.7. The SMILES string of the molecule is CC(C)(C)c1noc(CCCC(=O)OCC(=O)Nc2c(Cl)cccc2C(F)(F)F)n1. The Hall–Kier alpha value is -2.62. The Morgan fingerprint density at radius 3 is 2.53 bits per heavy atom. The summed E-state index contributed by atoms with van der Waals surface area (Å²) in [5.74, 6) is -0.692. The number of carbonyl (C=O) groups excluding carboxylic acids is 2. The fourth-order valence-corrected chi connectivity index (χ4v) is 2.55. The summed E-state index contributed by atoms with van der Waals surface area (Å²) < 4.78 is 49.0. The number of amides is 1. The molecule has 1 amide bonds. The van der Waals surface area contributed by atoms with Gasteiger partial charge in [0.1, 0.15) is 0 Å². The largest absolute Gasteiger partial charge is 0.456 e. The van der Waals surface area contributed by atoms with Crippen molar-refractivity contribution in [3.63, 3.8) is 0 Å². The van der Waals surface area contributed by atoms with Crippen LogP contribution in [0.3, 0.4) is 0 Å². The Kier molecular flexibility index (Phi) is 7.46. The number of aromatic nitrogens is 2. The van der Waals surface area contributed by atoms with Crippen molar-refractivity contribution in [1.29, 1.82) is 0 Å². The zero-order valence-electron chi connectivity index (χ0n) is 16.6. The van der Waals surface area contributed by atoms with E-state index in [9.17, 15) is 22.8 Å². The molecular weight excluding hydrogens is 427 g/mol. The minimum absolute atomic E-state index is 0.0274. The second kappa shape index (κ2) is 9.46. The van der Waals surface area contributed by atoms with Crippen molar-refractivity contribution in [2.45, 2.75) is 51.6 Å². The first-order chi connectivity index (χ1) is 13.9. The number of halogens is 4. The minimum Gasteiger partial charge on any atom is -0.456 e. The molecule has 1 aromatic carbocycles. The Balaban J connectivity index is 1.80. The highest BCUT2D eigenvalue weighted by Gasteiger charge is 2.34. The molecule has 164 valence electrons. The lowest BCUT2D eigenvalue weighted by atomic mass is 9.96. The van der Waals surface area contributed by atoms with Gasteiger partial charge in [0.05, 0.1) is 16.3 Å². The molecule has 0 saturated carbocycles. The summed E-state index contributed by atoms with van der Waals surface area (Å²) in [5.41, 5.74) is -1.94. The number of nitrogens with zero attached hydrogens (tertiary/aromatic N) is 2. The van der Waals surface area contributed by atoms with E-state index in [4.69, 9.17) is 20.9 Å². The van der Waals surface area contributed by atoms with Gasteiger partial charge in [-0.2, -0.15) is 18.2 Å². The van der Waals surface area contributed by atoms with Gasteiger partial charge in [-0.3, -0.25) is 9.59 Å². The highest BCUT2D eigenvalue weighted by atomic mass is 35.5. The van der Waals surface area contributed by atoms with Crippen LogP contribution in [0.1, 0.15) is 50.9 Å². The highest BCUT2D eigenvalue weighted by Crippen LogP contribution is 2.38. The van der Waals surface area contributed by atoms with Gasteiger partial charge in [0.15, 0.2) is 12.4 Å². The van der Waals surface area contributed by atoms with Crippen LogP contribution in [-0.2, 0) is 32.3 Å². The molecule has 0 spiro atoms. The van der Waals surface area contributed by atoms with Crippen LogP contribution in [0.4, 0.5) is 18.9 Å². The van der Waals surface area contributed by atoms with Crippen molar-refractivity contribution >= 4 is 29.2 Å². The van der Waals surface area contributed by atoms with Crippen LogP contribution < -0.4 is 5.32 Å². The first-order valence-electron chi connectivity index (χ1n) is 9.02. The monoisotopic (exact) mass is 447 g/mol. The van der Waals surface area contributed by atoms with Gasteiger partial charge < -0.3 is 14.6 Å². The molecule has 30 heavy (non-hydrogen) atoms. The van der Waals surface area contributed by atoms with Crippen LogP contribution in [0, 0.1) is 0 Å². The molecule has 0 fully saturated rings. The number of esters is 1. The van der Waals surface area contributed by atoms with Crippen LogP contribution in [-0.4, -0.2) is 28.6 Å². The molecule has 0 aliphatic carbocycles. The number of benzene rings is 1. The van der Waals surface area contributed by atoms with E-state index in [-0.39, 0.29) is 16.9 Å². The normalized spacial score (nSPS) is 12.0. The maximum atomic E-state index is 13.0. The number of carbonyl (C=O) groups is 2. The Labute approximate surface area is 175 Å². The van der Waals surface area contributed by atoms with Gasteiger partial charge in [-0.1, -0.05) is 43.6 Å². The lowest BCUT2D eigenvalue weighted by Gasteiger charge is -2.15. The van der Waals surface area contributed by atoms with Gasteiger partial charge in [0.25, 0.3) is 5.91 Å². The fraction of sp³-hybridized carbons (Fsp3) is 0.474. The number of hydrogen-bond acceptors (Lipinski definition) is 6. The summed E-state index contributed by atoms with van der Waals surface area (Å²) in [6.07, 6.45) is -4.04. The van der Waals surface area contributed by atoms with Gasteiger partial charge in [0, 0.05) is 18.3 Å². The molecule has 0 bridgehead atoms. The lowest BCUT2D eigenvalue weighted by molar-refractivity contribution is -0.147. The number of alkyl halides is 3. The third-order valence-electron chi connectivity index (χ3n) is 3.86. The molecule has 1 aromatic heterocycles. The molecular formula is C19H21ClF3N3O4. The number of aryl methyl sites for hydroxylation is 1. The van der Waals surface area contributed by atoms with E-state index in [2.05, 4.69) is 10.1 Å². The number of para-hydroxylation sites is 1. The van der Waals surface area contributed by atoms with Crippen LogP contribution in [0.25, 0.3) is 0 Å². The molecule has 7 nitrogen and oxygen atoms in total. The highest BCUT2D eigenvalue weighted by molar-refractivity contribution is 6.34. The molecule has 0 radical (unpaired) electrons. The van der Waals surface area contributed by atoms with E-state index < -0.39 is 35.9 Å². The molecule has 0 saturated heterocycles. The van der Waals surface area contributed by atoms with E-state index in [0.29, 0.717) is 24.6 Å². The van der Waals surface area contributed by atoms with Crippen molar-refractivity contribution in [2.24, 2.45) is 0 Å². The summed E-state index contributed by atoms with van der Waals surface area (Å²) in [5, 5.41) is 5.63. The molecule has 11 heteroatoms. The summed E-state index contributed by atoms with van der Waals surface area (Å²) in [7, 11) is 0. The molecule has 2 rings (SSSR count). The van der Waals surface area contributed by atoms with Gasteiger partial charge in [-0.25, -0.2) is 0 Å². The average molecular weight is 448 g/mol. The molecule has 0 aliphatic heterocycles. The van der Waals surface area contributed by atoms with E-state index in [1.165, 1.54) is 6.07 Å². The Bertz CT molecular complexity index is 907. The smallest absolute Gasteiger partial charge is 0.418 e. The maximum Gasteiger partial charge on any atom is 0.418 e. The zero-order valence-corrected chi connectivity index (χ0v) is 17.4. The van der Waals surface area contributed by atoms with Crippen LogP contribution in [0.15, 0.2) is 22.7 Å². The third-order valence-corrected chi connectivity index (χ3v) is 4.17. The Morgan fingerprint density at radius 1 is 1.23 bits per heavy atom. The quantitative estimate of drug-likeness (QED) is 0.626. The molecule has 0 unspecified atom stereocenters. The van der Waals surface area contributed by atoms with Crippen molar-refractivity contribution in [3.8, 4) is 0 Å². The van der Waals surface area contributed by atoms with Gasteiger partial charge in [-0.05, 0) is 18.6 Å². The summed E-state index contributed by atoms with van der Waals surface area (Å²) in [6.45, 7) is 5.06. The molecule has 2 aromatic rings. The van der Waals surface area contributed by atoms with Crippen molar-refractivity contribution < 1.29 is 32.0 Å². The number of anilines is 1. The number of nitrogens with one attached hydrogen (secondary N) is 1. The average Bonchev–Trinajstić information content (AvgIpc) is 3.10. The van der Waals surface area contributed by atoms with E-state index in [0.717, 1.165) is 12.1 Å². The molecule has 1 heterocycles. The van der Waals surface area contributed by atoms with Gasteiger partial charge in [-0.15, -0.1) is 0 Å². The lowest BCUT2D eigenvalue weighted by Crippen LogP contribution is -2.23. The predicted molar refractivity (Wildman–Crippen MR) is 102 cm³/mol. The second-order valence-corrected chi connectivity index (χ2v) is 7.89. The van der Waals surface area contributed by atoms with Crippen LogP contribution in [0.2, 0.25) is 5.02 Å². The van der Waals surface area contributed by atoms with Crippen LogP contribution >= 0.6 is 11.6 Å². The zero-order chi connectivity index (χ0) is 22.5. The van der Waals surface area contributed by atoms with E-state index >= 15 is 0 Å². The third kappa shape index (κ3) is 6.72. The maximum absolute atomic E-state index is 13.0. The standard InChI is InChI=1S/C19H21ClF3N3O4/c1-18(2,3)17-25-14(30-26-17)8-5-9-15(28)29-10-13(27)24-16-11(19(21,22)23)6-4-7-12(16)20/h4,6-7H,5,8-10H2,1-3H3,(H,24,27). The summed E-state index contributed by atoms with van der Waals surface area (Å²) in [6, 6.07) is 3.12. The topological polar surface area (TPSA) is 94.3 Å². The van der Waals surface area contributed by atoms with Gasteiger partial charge in [0.2, 0.25) is 5.89 Å². The minimum atomic E-state index is -4.70. The van der Waals surface area contributed by atoms with E-state index in [1.807, 2.05) is 26.1 Å². The molecule has 0 aliphatic rings. The predicted octanol–water partition coefficient (Wildman–Crippen LogP) is 4.54. The van der Waals surface area contributed by atoms with Crippen molar-refractivity contribution in [2.75, 3.05) is 11.9 Å².